The van der Waals surface area contributed by atoms with Crippen molar-refractivity contribution < 1.29 is 9.53 Å². The van der Waals surface area contributed by atoms with Crippen LogP contribution in [0.1, 0.15) is 66.2 Å². The summed E-state index contributed by atoms with van der Waals surface area (Å²) in [7, 11) is 0. The van der Waals surface area contributed by atoms with Crippen LogP contribution in [-0.2, 0) is 11.2 Å². The summed E-state index contributed by atoms with van der Waals surface area (Å²) in [5, 5.41) is 8.23. The summed E-state index contributed by atoms with van der Waals surface area (Å²) in [4.78, 5) is 13.7. The van der Waals surface area contributed by atoms with Crippen molar-refractivity contribution in [2.45, 2.75) is 51.9 Å². The molecule has 2 N–H and O–H groups in total. The van der Waals surface area contributed by atoms with Crippen molar-refractivity contribution in [3.63, 3.8) is 0 Å². The number of carbonyl (C=O) groups excluding carboxylic acids is 1. The van der Waals surface area contributed by atoms with Crippen LogP contribution in [0.2, 0.25) is 0 Å². The van der Waals surface area contributed by atoms with Gasteiger partial charge in [-0.15, -0.1) is 11.3 Å². The minimum absolute atomic E-state index is 0.297. The highest BCUT2D eigenvalue weighted by atomic mass is 32.1. The molecule has 4 aliphatic rings. The van der Waals surface area contributed by atoms with E-state index in [0.29, 0.717) is 22.7 Å². The smallest absolute Gasteiger partial charge is 0.341 e. The maximum Gasteiger partial charge on any atom is 0.341 e. The summed E-state index contributed by atoms with van der Waals surface area (Å²) in [6, 6.07) is 12.3. The minimum Gasteiger partial charge on any atom is -0.462 e. The fraction of sp³-hybridized carbons (Fsp3) is 0.538. The van der Waals surface area contributed by atoms with Crippen molar-refractivity contribution in [1.29, 1.82) is 0 Å². The molecule has 4 aliphatic carbocycles. The molecule has 4 saturated carbocycles. The van der Waals surface area contributed by atoms with E-state index in [0.717, 1.165) is 40.6 Å². The van der Waals surface area contributed by atoms with Gasteiger partial charge < -0.3 is 15.4 Å². The molecule has 0 atom stereocenters. The highest BCUT2D eigenvalue weighted by Gasteiger charge is 2.50. The molecule has 0 unspecified atom stereocenters. The molecule has 0 spiro atoms. The molecule has 1 heterocycles. The molecule has 0 radical (unpaired) electrons. The SMILES string of the molecule is CCOC(=O)c1cc(Cc2ccccc2)sc1NC(=S)NCC12CC3CC(CC(C3)C1)C2. The predicted molar refractivity (Wildman–Crippen MR) is 134 cm³/mol. The van der Waals surface area contributed by atoms with Gasteiger partial charge in [0.25, 0.3) is 0 Å². The van der Waals surface area contributed by atoms with Crippen LogP contribution >= 0.6 is 23.6 Å². The Morgan fingerprint density at radius 2 is 1.78 bits per heavy atom. The van der Waals surface area contributed by atoms with E-state index in [9.17, 15) is 4.79 Å². The van der Waals surface area contributed by atoms with Gasteiger partial charge in [0.2, 0.25) is 0 Å². The number of rotatable bonds is 7. The molecule has 1 aromatic heterocycles. The molecule has 6 heteroatoms. The first kappa shape index (κ1) is 21.9. The number of benzene rings is 1. The highest BCUT2D eigenvalue weighted by molar-refractivity contribution is 7.80. The summed E-state index contributed by atoms with van der Waals surface area (Å²) in [6.07, 6.45) is 9.18. The third-order valence-corrected chi connectivity index (χ3v) is 8.81. The largest absolute Gasteiger partial charge is 0.462 e. The quantitative estimate of drug-likeness (QED) is 0.384. The maximum atomic E-state index is 12.6. The average Bonchev–Trinajstić information content (AvgIpc) is 3.14. The van der Waals surface area contributed by atoms with Gasteiger partial charge in [0.05, 0.1) is 12.2 Å². The maximum absolute atomic E-state index is 12.6. The molecule has 0 saturated heterocycles. The number of anilines is 1. The van der Waals surface area contributed by atoms with Gasteiger partial charge in [-0.1, -0.05) is 30.3 Å². The zero-order valence-electron chi connectivity index (χ0n) is 18.7. The summed E-state index contributed by atoms with van der Waals surface area (Å²) in [5.41, 5.74) is 2.21. The molecule has 4 bridgehead atoms. The van der Waals surface area contributed by atoms with E-state index in [4.69, 9.17) is 17.0 Å². The third kappa shape index (κ3) is 4.72. The van der Waals surface area contributed by atoms with E-state index in [2.05, 4.69) is 22.8 Å². The van der Waals surface area contributed by atoms with Gasteiger partial charge in [-0.05, 0) is 92.5 Å². The lowest BCUT2D eigenvalue weighted by Gasteiger charge is -2.57. The van der Waals surface area contributed by atoms with Crippen LogP contribution in [0.25, 0.3) is 0 Å². The molecule has 6 rings (SSSR count). The Balaban J connectivity index is 1.26. The molecule has 0 amide bonds. The number of esters is 1. The first-order valence-corrected chi connectivity index (χ1v) is 13.1. The third-order valence-electron chi connectivity index (χ3n) is 7.52. The first-order valence-electron chi connectivity index (χ1n) is 11.9. The van der Waals surface area contributed by atoms with Crippen LogP contribution in [-0.4, -0.2) is 24.2 Å². The number of thiophene rings is 1. The van der Waals surface area contributed by atoms with Crippen LogP contribution in [0.4, 0.5) is 5.00 Å². The van der Waals surface area contributed by atoms with E-state index in [1.54, 1.807) is 11.3 Å². The zero-order valence-corrected chi connectivity index (χ0v) is 20.3. The Hall–Kier alpha value is -1.92. The van der Waals surface area contributed by atoms with E-state index < -0.39 is 0 Å². The molecule has 0 aliphatic heterocycles. The zero-order chi connectivity index (χ0) is 22.1. The normalized spacial score (nSPS) is 27.8. The van der Waals surface area contributed by atoms with Crippen molar-refractivity contribution in [2.24, 2.45) is 23.2 Å². The Morgan fingerprint density at radius 1 is 1.12 bits per heavy atom. The molecule has 1 aromatic carbocycles. The summed E-state index contributed by atoms with van der Waals surface area (Å²) >= 11 is 7.25. The van der Waals surface area contributed by atoms with Gasteiger partial charge >= 0.3 is 5.97 Å². The highest BCUT2D eigenvalue weighted by Crippen LogP contribution is 2.59. The van der Waals surface area contributed by atoms with Gasteiger partial charge in [-0.3, -0.25) is 0 Å². The van der Waals surface area contributed by atoms with Gasteiger partial charge in [0.15, 0.2) is 5.11 Å². The van der Waals surface area contributed by atoms with Crippen molar-refractivity contribution in [1.82, 2.24) is 5.32 Å². The molecular formula is C26H32N2O2S2. The number of hydrogen-bond acceptors (Lipinski definition) is 4. The predicted octanol–water partition coefficient (Wildman–Crippen LogP) is 6.02. The van der Waals surface area contributed by atoms with Gasteiger partial charge in [0.1, 0.15) is 5.00 Å². The van der Waals surface area contributed by atoms with E-state index in [1.165, 1.54) is 44.1 Å². The lowest BCUT2D eigenvalue weighted by molar-refractivity contribution is -0.0490. The van der Waals surface area contributed by atoms with Crippen molar-refractivity contribution >= 4 is 39.6 Å². The summed E-state index contributed by atoms with van der Waals surface area (Å²) < 4.78 is 5.30. The number of hydrogen-bond donors (Lipinski definition) is 2. The topological polar surface area (TPSA) is 50.4 Å². The summed E-state index contributed by atoms with van der Waals surface area (Å²) in [5.74, 6) is 2.49. The lowest BCUT2D eigenvalue weighted by Crippen LogP contribution is -2.51. The van der Waals surface area contributed by atoms with E-state index >= 15 is 0 Å². The molecule has 2 aromatic rings. The monoisotopic (exact) mass is 468 g/mol. The van der Waals surface area contributed by atoms with Gasteiger partial charge in [-0.25, -0.2) is 4.79 Å². The average molecular weight is 469 g/mol. The van der Waals surface area contributed by atoms with Crippen LogP contribution < -0.4 is 10.6 Å². The van der Waals surface area contributed by atoms with Crippen LogP contribution in [0, 0.1) is 23.2 Å². The number of thiocarbonyl (C=S) groups is 1. The second kappa shape index (κ2) is 9.14. The second-order valence-electron chi connectivity index (χ2n) is 10.1. The van der Waals surface area contributed by atoms with Crippen LogP contribution in [0.15, 0.2) is 36.4 Å². The Bertz CT molecular complexity index is 950. The molecule has 170 valence electrons. The molecule has 32 heavy (non-hydrogen) atoms. The second-order valence-corrected chi connectivity index (χ2v) is 11.6. The van der Waals surface area contributed by atoms with Crippen molar-refractivity contribution in [2.75, 3.05) is 18.5 Å². The van der Waals surface area contributed by atoms with Crippen LogP contribution in [0.3, 0.4) is 0 Å². The Labute approximate surface area is 200 Å². The lowest BCUT2D eigenvalue weighted by atomic mass is 9.49. The van der Waals surface area contributed by atoms with Gasteiger partial charge in [-0.2, -0.15) is 0 Å². The first-order chi connectivity index (χ1) is 15.5. The number of nitrogens with one attached hydrogen (secondary N) is 2. The summed E-state index contributed by atoms with van der Waals surface area (Å²) in [6.45, 7) is 3.14. The van der Waals surface area contributed by atoms with Crippen LogP contribution in [0.5, 0.6) is 0 Å². The Morgan fingerprint density at radius 3 is 2.41 bits per heavy atom. The fourth-order valence-electron chi connectivity index (χ4n) is 6.70. The molecular weight excluding hydrogens is 436 g/mol. The number of ether oxygens (including phenoxy) is 1. The number of carbonyl (C=O) groups is 1. The Kier molecular flexibility index (Phi) is 6.26. The standard InChI is InChI=1S/C26H32N2O2S2/c1-2-30-24(29)22-12-21(11-17-6-4-3-5-7-17)32-23(22)28-25(31)27-16-26-13-18-8-19(14-26)10-20(9-18)15-26/h3-7,12,18-20H,2,8-11,13-16H2,1H3,(H2,27,28,31). The van der Waals surface area contributed by atoms with E-state index in [1.807, 2.05) is 31.2 Å². The fourth-order valence-corrected chi connectivity index (χ4v) is 8.02. The van der Waals surface area contributed by atoms with Crippen molar-refractivity contribution in [3.05, 3.63) is 52.4 Å². The van der Waals surface area contributed by atoms with Crippen molar-refractivity contribution in [3.8, 4) is 0 Å². The van der Waals surface area contributed by atoms with Gasteiger partial charge in [0, 0.05) is 17.8 Å². The molecule has 4 nitrogen and oxygen atoms in total. The molecule has 4 fully saturated rings. The van der Waals surface area contributed by atoms with E-state index in [-0.39, 0.29) is 5.97 Å². The minimum atomic E-state index is -0.297.